The fraction of sp³-hybridized carbons (Fsp3) is 0.385. The molecule has 4 nitrogen and oxygen atoms in total. The minimum Gasteiger partial charge on any atom is -0.387 e. The first-order valence-corrected chi connectivity index (χ1v) is 5.89. The number of aryl methyl sites for hydroxylation is 1. The van der Waals surface area contributed by atoms with Gasteiger partial charge in [-0.25, -0.2) is 4.99 Å². The number of nitrogens with zero attached hydrogens (tertiary/aromatic N) is 1. The maximum atomic E-state index is 6.96. The summed E-state index contributed by atoms with van der Waals surface area (Å²) in [7, 11) is 0. The van der Waals surface area contributed by atoms with Crippen LogP contribution in [0.2, 0.25) is 0 Å². The lowest BCUT2D eigenvalue weighted by molar-refractivity contribution is 0.695. The highest BCUT2D eigenvalue weighted by Crippen LogP contribution is 2.07. The number of aliphatic imine (C=N–C) groups is 1. The van der Waals surface area contributed by atoms with Crippen LogP contribution in [-0.2, 0) is 6.42 Å². The fourth-order valence-corrected chi connectivity index (χ4v) is 1.67. The Morgan fingerprint density at radius 3 is 2.41 bits per heavy atom. The van der Waals surface area contributed by atoms with E-state index in [0.717, 1.165) is 25.7 Å². The maximum Gasteiger partial charge on any atom is 0.214 e. The Balaban J connectivity index is 2.11. The molecule has 0 fully saturated rings. The Labute approximate surface area is 102 Å². The van der Waals surface area contributed by atoms with Crippen LogP contribution in [-0.4, -0.2) is 11.8 Å². The van der Waals surface area contributed by atoms with E-state index in [1.165, 1.54) is 5.56 Å². The first kappa shape index (κ1) is 13.2. The van der Waals surface area contributed by atoms with Crippen molar-refractivity contribution in [3.05, 3.63) is 35.9 Å². The number of hydrogen-bond donors (Lipinski definition) is 3. The van der Waals surface area contributed by atoms with E-state index in [9.17, 15) is 0 Å². The minimum absolute atomic E-state index is 0.216. The number of rotatable bonds is 6. The van der Waals surface area contributed by atoms with Gasteiger partial charge in [-0.05, 0) is 24.8 Å². The molecule has 0 aromatic heterocycles. The molecular formula is C13H20N4. The average Bonchev–Trinajstić information content (AvgIpc) is 2.29. The Bertz CT molecular complexity index is 370. The molecule has 0 amide bonds. The topological polar surface area (TPSA) is 88.2 Å². The summed E-state index contributed by atoms with van der Waals surface area (Å²) in [5, 5.41) is 6.96. The molecule has 92 valence electrons. The second-order valence-electron chi connectivity index (χ2n) is 4.03. The number of hydrogen-bond acceptors (Lipinski definition) is 1. The predicted molar refractivity (Wildman–Crippen MR) is 72.2 cm³/mol. The van der Waals surface area contributed by atoms with Crippen LogP contribution in [0, 0.1) is 5.41 Å². The monoisotopic (exact) mass is 232 g/mol. The molecule has 4 heteroatoms. The maximum absolute atomic E-state index is 6.96. The van der Waals surface area contributed by atoms with E-state index < -0.39 is 0 Å². The van der Waals surface area contributed by atoms with E-state index in [2.05, 4.69) is 29.3 Å². The van der Waals surface area contributed by atoms with Gasteiger partial charge in [-0.1, -0.05) is 36.8 Å². The van der Waals surface area contributed by atoms with Gasteiger partial charge < -0.3 is 11.5 Å². The van der Waals surface area contributed by atoms with E-state index in [4.69, 9.17) is 16.9 Å². The highest BCUT2D eigenvalue weighted by Gasteiger charge is 1.96. The van der Waals surface area contributed by atoms with Crippen molar-refractivity contribution in [2.24, 2.45) is 16.5 Å². The van der Waals surface area contributed by atoms with Crippen LogP contribution in [0.3, 0.4) is 0 Å². The lowest BCUT2D eigenvalue weighted by Gasteiger charge is -2.02. The molecule has 17 heavy (non-hydrogen) atoms. The summed E-state index contributed by atoms with van der Waals surface area (Å²) in [5.74, 6) is 0.240. The molecule has 0 atom stereocenters. The van der Waals surface area contributed by atoms with E-state index in [1.54, 1.807) is 0 Å². The highest BCUT2D eigenvalue weighted by molar-refractivity contribution is 5.92. The van der Waals surface area contributed by atoms with Crippen molar-refractivity contribution in [2.75, 3.05) is 0 Å². The molecule has 0 aliphatic carbocycles. The largest absolute Gasteiger partial charge is 0.387 e. The van der Waals surface area contributed by atoms with Crippen molar-refractivity contribution < 1.29 is 0 Å². The van der Waals surface area contributed by atoms with Gasteiger partial charge in [0.25, 0.3) is 0 Å². The molecule has 1 rings (SSSR count). The van der Waals surface area contributed by atoms with Crippen molar-refractivity contribution in [1.82, 2.24) is 0 Å². The SMILES string of the molecule is N=C(N)N=C(N)CCCCCc1ccccc1. The summed E-state index contributed by atoms with van der Waals surface area (Å²) in [6, 6.07) is 10.4. The normalized spacial score (nSPS) is 11.4. The molecule has 0 saturated carbocycles. The van der Waals surface area contributed by atoms with Gasteiger partial charge in [-0.3, -0.25) is 5.41 Å². The summed E-state index contributed by atoms with van der Waals surface area (Å²) >= 11 is 0. The minimum atomic E-state index is -0.216. The van der Waals surface area contributed by atoms with Gasteiger partial charge >= 0.3 is 0 Å². The van der Waals surface area contributed by atoms with Crippen LogP contribution in [0.5, 0.6) is 0 Å². The average molecular weight is 232 g/mol. The first-order valence-electron chi connectivity index (χ1n) is 5.89. The van der Waals surface area contributed by atoms with Gasteiger partial charge in [-0.2, -0.15) is 0 Å². The van der Waals surface area contributed by atoms with Gasteiger partial charge in [0, 0.05) is 6.42 Å². The Morgan fingerprint density at radius 1 is 1.06 bits per heavy atom. The zero-order valence-electron chi connectivity index (χ0n) is 10.0. The summed E-state index contributed by atoms with van der Waals surface area (Å²) in [6.45, 7) is 0. The number of nitrogens with one attached hydrogen (secondary N) is 1. The van der Waals surface area contributed by atoms with Crippen molar-refractivity contribution in [2.45, 2.75) is 32.1 Å². The third kappa shape index (κ3) is 6.35. The lowest BCUT2D eigenvalue weighted by Crippen LogP contribution is -2.17. The number of amidine groups is 1. The molecule has 0 saturated heterocycles. The van der Waals surface area contributed by atoms with Crippen molar-refractivity contribution in [3.63, 3.8) is 0 Å². The van der Waals surface area contributed by atoms with Gasteiger partial charge in [0.1, 0.15) is 5.84 Å². The molecule has 0 spiro atoms. The lowest BCUT2D eigenvalue weighted by atomic mass is 10.1. The molecule has 1 aromatic carbocycles. The van der Waals surface area contributed by atoms with Crippen LogP contribution in [0.25, 0.3) is 0 Å². The number of nitrogens with two attached hydrogens (primary N) is 2. The molecule has 0 heterocycles. The van der Waals surface area contributed by atoms with Gasteiger partial charge in [0.2, 0.25) is 5.96 Å². The summed E-state index contributed by atoms with van der Waals surface area (Å²) in [6.07, 6.45) is 5.08. The predicted octanol–water partition coefficient (Wildman–Crippen LogP) is 2.04. The molecule has 0 radical (unpaired) electrons. The molecule has 0 aliphatic rings. The van der Waals surface area contributed by atoms with E-state index in [1.807, 2.05) is 6.07 Å². The molecular weight excluding hydrogens is 212 g/mol. The summed E-state index contributed by atoms with van der Waals surface area (Å²) in [5.41, 5.74) is 12.1. The molecule has 0 unspecified atom stereocenters. The third-order valence-electron chi connectivity index (χ3n) is 2.51. The molecule has 0 aliphatic heterocycles. The number of guanidine groups is 1. The van der Waals surface area contributed by atoms with E-state index in [-0.39, 0.29) is 5.96 Å². The van der Waals surface area contributed by atoms with Crippen LogP contribution >= 0.6 is 0 Å². The van der Waals surface area contributed by atoms with Crippen LogP contribution in [0.1, 0.15) is 31.2 Å². The van der Waals surface area contributed by atoms with Gasteiger partial charge in [-0.15, -0.1) is 0 Å². The standard InChI is InChI=1S/C13H20N4/c14-12(17-13(15)16)10-6-2-5-9-11-7-3-1-4-8-11/h1,3-4,7-8H,2,5-6,9-10H2,(H5,14,15,16,17). The highest BCUT2D eigenvalue weighted by atomic mass is 15.0. The third-order valence-corrected chi connectivity index (χ3v) is 2.51. The molecule has 1 aromatic rings. The van der Waals surface area contributed by atoms with E-state index >= 15 is 0 Å². The van der Waals surface area contributed by atoms with Gasteiger partial charge in [0.15, 0.2) is 0 Å². The Morgan fingerprint density at radius 2 is 1.76 bits per heavy atom. The smallest absolute Gasteiger partial charge is 0.214 e. The number of benzene rings is 1. The summed E-state index contributed by atoms with van der Waals surface area (Å²) in [4.78, 5) is 3.69. The van der Waals surface area contributed by atoms with E-state index in [0.29, 0.717) is 12.3 Å². The Hall–Kier alpha value is -1.84. The fourth-order valence-electron chi connectivity index (χ4n) is 1.67. The van der Waals surface area contributed by atoms with Crippen molar-refractivity contribution in [1.29, 1.82) is 5.41 Å². The number of unbranched alkanes of at least 4 members (excludes halogenated alkanes) is 2. The quantitative estimate of drug-likeness (QED) is 0.398. The first-order chi connectivity index (χ1) is 8.18. The van der Waals surface area contributed by atoms with Crippen molar-refractivity contribution in [3.8, 4) is 0 Å². The van der Waals surface area contributed by atoms with Crippen LogP contribution < -0.4 is 11.5 Å². The van der Waals surface area contributed by atoms with Crippen molar-refractivity contribution >= 4 is 11.8 Å². The molecule has 0 bridgehead atoms. The molecule has 5 N–H and O–H groups in total. The van der Waals surface area contributed by atoms with Gasteiger partial charge in [0.05, 0.1) is 0 Å². The second kappa shape index (κ2) is 7.44. The zero-order valence-corrected chi connectivity index (χ0v) is 10.0. The summed E-state index contributed by atoms with van der Waals surface area (Å²) < 4.78 is 0. The Kier molecular flexibility index (Phi) is 5.79. The second-order valence-corrected chi connectivity index (χ2v) is 4.03. The zero-order chi connectivity index (χ0) is 12.5. The van der Waals surface area contributed by atoms with Crippen LogP contribution in [0.4, 0.5) is 0 Å². The van der Waals surface area contributed by atoms with Crippen LogP contribution in [0.15, 0.2) is 35.3 Å².